The van der Waals surface area contributed by atoms with Gasteiger partial charge in [0.05, 0.1) is 0 Å². The van der Waals surface area contributed by atoms with Crippen molar-refractivity contribution >= 4 is 10.9 Å². The van der Waals surface area contributed by atoms with Gasteiger partial charge in [-0.05, 0) is 42.9 Å². The Morgan fingerprint density at radius 2 is 2.00 bits per heavy atom. The second kappa shape index (κ2) is 7.63. The molecule has 6 heteroatoms. The van der Waals surface area contributed by atoms with Crippen molar-refractivity contribution in [3.8, 4) is 5.75 Å². The highest BCUT2D eigenvalue weighted by Crippen LogP contribution is 2.24. The summed E-state index contributed by atoms with van der Waals surface area (Å²) in [6, 6.07) is 11.4. The number of likely N-dealkylation sites (N-methyl/N-ethyl adjacent to an activating group) is 1. The Morgan fingerprint density at radius 3 is 2.80 bits per heavy atom. The number of aliphatic hydroxyl groups excluding tert-OH is 1. The molecule has 0 radical (unpaired) electrons. The van der Waals surface area contributed by atoms with Crippen molar-refractivity contribution in [1.82, 2.24) is 9.88 Å². The number of nitrogens with zero attached hydrogens (tertiary/aromatic N) is 1. The third-order valence-corrected chi connectivity index (χ3v) is 3.95. The first-order valence-corrected chi connectivity index (χ1v) is 8.02. The van der Waals surface area contributed by atoms with Crippen LogP contribution in [-0.2, 0) is 6.54 Å². The van der Waals surface area contributed by atoms with Crippen LogP contribution in [0.5, 0.6) is 5.75 Å². The lowest BCUT2D eigenvalue weighted by Crippen LogP contribution is -2.32. The van der Waals surface area contributed by atoms with E-state index in [9.17, 15) is 13.9 Å². The molecule has 1 atom stereocenters. The first kappa shape index (κ1) is 17.4. The summed E-state index contributed by atoms with van der Waals surface area (Å²) in [6.45, 7) is 0.899. The lowest BCUT2D eigenvalue weighted by Gasteiger charge is -2.21. The van der Waals surface area contributed by atoms with Gasteiger partial charge in [0.25, 0.3) is 0 Å². The number of rotatable bonds is 7. The molecule has 0 bridgehead atoms. The van der Waals surface area contributed by atoms with Gasteiger partial charge in [0.2, 0.25) is 0 Å². The van der Waals surface area contributed by atoms with Crippen molar-refractivity contribution in [3.05, 3.63) is 65.9 Å². The van der Waals surface area contributed by atoms with Crippen LogP contribution in [0, 0.1) is 11.6 Å². The number of fused-ring (bicyclic) bond motifs is 1. The molecule has 0 spiro atoms. The summed E-state index contributed by atoms with van der Waals surface area (Å²) in [6.07, 6.45) is 1.13. The van der Waals surface area contributed by atoms with Crippen LogP contribution in [0.15, 0.2) is 48.7 Å². The van der Waals surface area contributed by atoms with E-state index in [1.807, 2.05) is 35.4 Å². The summed E-state index contributed by atoms with van der Waals surface area (Å²) in [5.74, 6) is -1.02. The third-order valence-electron chi connectivity index (χ3n) is 3.95. The minimum absolute atomic E-state index is 0.145. The van der Waals surface area contributed by atoms with Gasteiger partial charge in [-0.15, -0.1) is 0 Å². The van der Waals surface area contributed by atoms with E-state index < -0.39 is 17.7 Å². The fourth-order valence-electron chi connectivity index (χ4n) is 2.80. The Hall–Kier alpha value is -2.44. The number of hydrogen-bond acceptors (Lipinski definition) is 3. The van der Waals surface area contributed by atoms with Crippen molar-refractivity contribution in [1.29, 1.82) is 0 Å². The molecule has 3 rings (SSSR count). The van der Waals surface area contributed by atoms with Gasteiger partial charge in [-0.1, -0.05) is 12.1 Å². The summed E-state index contributed by atoms with van der Waals surface area (Å²) < 4.78 is 31.9. The number of aromatic amines is 1. The minimum atomic E-state index is -0.866. The monoisotopic (exact) mass is 346 g/mol. The lowest BCUT2D eigenvalue weighted by molar-refractivity contribution is 0.0749. The van der Waals surface area contributed by atoms with Gasteiger partial charge in [-0.3, -0.25) is 4.90 Å². The molecule has 0 fully saturated rings. The third kappa shape index (κ3) is 4.35. The minimum Gasteiger partial charge on any atom is -0.490 e. The van der Waals surface area contributed by atoms with Crippen LogP contribution in [0.4, 0.5) is 8.78 Å². The summed E-state index contributed by atoms with van der Waals surface area (Å²) in [7, 11) is 1.80. The van der Waals surface area contributed by atoms with Gasteiger partial charge in [0.15, 0.2) is 11.6 Å². The van der Waals surface area contributed by atoms with E-state index >= 15 is 0 Å². The van der Waals surface area contributed by atoms with Crippen LogP contribution in [0.2, 0.25) is 0 Å². The average Bonchev–Trinajstić information content (AvgIpc) is 3.05. The number of ether oxygens (including phenoxy) is 1. The van der Waals surface area contributed by atoms with Crippen molar-refractivity contribution in [2.75, 3.05) is 20.2 Å². The molecule has 132 valence electrons. The highest BCUT2D eigenvalue weighted by atomic mass is 19.2. The largest absolute Gasteiger partial charge is 0.490 e. The van der Waals surface area contributed by atoms with Crippen LogP contribution >= 0.6 is 0 Å². The highest BCUT2D eigenvalue weighted by molar-refractivity contribution is 5.85. The van der Waals surface area contributed by atoms with E-state index in [4.69, 9.17) is 4.74 Å². The van der Waals surface area contributed by atoms with Crippen LogP contribution in [0.25, 0.3) is 10.9 Å². The standard InChI is InChI=1S/C19H20F2N2O2/c1-23(10-13-5-6-16(20)17(21)9-13)11-14(24)12-25-19-4-2-3-18-15(19)7-8-22-18/h2-9,14,22,24H,10-12H2,1H3. The molecule has 2 aromatic carbocycles. The fraction of sp³-hybridized carbons (Fsp3) is 0.263. The molecule has 2 N–H and O–H groups in total. The number of benzene rings is 2. The second-order valence-electron chi connectivity index (χ2n) is 6.11. The first-order chi connectivity index (χ1) is 12.0. The van der Waals surface area contributed by atoms with E-state index in [1.165, 1.54) is 12.1 Å². The number of aliphatic hydroxyl groups is 1. The summed E-state index contributed by atoms with van der Waals surface area (Å²) >= 11 is 0. The van der Waals surface area contributed by atoms with E-state index in [-0.39, 0.29) is 6.61 Å². The quantitative estimate of drug-likeness (QED) is 0.690. The molecule has 4 nitrogen and oxygen atoms in total. The Labute approximate surface area is 144 Å². The summed E-state index contributed by atoms with van der Waals surface area (Å²) in [4.78, 5) is 4.94. The van der Waals surface area contributed by atoms with E-state index in [1.54, 1.807) is 7.05 Å². The van der Waals surface area contributed by atoms with Crippen LogP contribution in [0.3, 0.4) is 0 Å². The Morgan fingerprint density at radius 1 is 1.16 bits per heavy atom. The topological polar surface area (TPSA) is 48.5 Å². The van der Waals surface area contributed by atoms with Gasteiger partial charge in [-0.25, -0.2) is 8.78 Å². The smallest absolute Gasteiger partial charge is 0.159 e. The molecule has 0 aliphatic carbocycles. The molecule has 0 saturated heterocycles. The van der Waals surface area contributed by atoms with Crippen LogP contribution in [0.1, 0.15) is 5.56 Å². The molecule has 3 aromatic rings. The normalized spacial score (nSPS) is 12.7. The van der Waals surface area contributed by atoms with Gasteiger partial charge < -0.3 is 14.8 Å². The molecule has 1 aromatic heterocycles. The van der Waals surface area contributed by atoms with Crippen LogP contribution < -0.4 is 4.74 Å². The molecule has 1 unspecified atom stereocenters. The lowest BCUT2D eigenvalue weighted by atomic mass is 10.2. The summed E-state index contributed by atoms with van der Waals surface area (Å²) in [5.41, 5.74) is 1.62. The number of H-pyrrole nitrogens is 1. The SMILES string of the molecule is CN(Cc1ccc(F)c(F)c1)CC(O)COc1cccc2[nH]ccc12. The Bertz CT molecular complexity index is 850. The van der Waals surface area contributed by atoms with Gasteiger partial charge in [0, 0.05) is 30.2 Å². The van der Waals surface area contributed by atoms with Gasteiger partial charge >= 0.3 is 0 Å². The molecular formula is C19H20F2N2O2. The Kier molecular flexibility index (Phi) is 5.31. The van der Waals surface area contributed by atoms with E-state index in [0.717, 1.165) is 17.0 Å². The predicted molar refractivity (Wildman–Crippen MR) is 92.5 cm³/mol. The average molecular weight is 346 g/mol. The summed E-state index contributed by atoms with van der Waals surface area (Å²) in [5, 5.41) is 11.1. The maximum Gasteiger partial charge on any atom is 0.159 e. The second-order valence-corrected chi connectivity index (χ2v) is 6.11. The number of hydrogen-bond donors (Lipinski definition) is 2. The molecule has 1 heterocycles. The maximum atomic E-state index is 13.2. The van der Waals surface area contributed by atoms with Crippen molar-refractivity contribution in [3.63, 3.8) is 0 Å². The van der Waals surface area contributed by atoms with Crippen molar-refractivity contribution in [2.24, 2.45) is 0 Å². The van der Waals surface area contributed by atoms with Crippen molar-refractivity contribution in [2.45, 2.75) is 12.6 Å². The number of halogens is 2. The Balaban J connectivity index is 1.52. The van der Waals surface area contributed by atoms with E-state index in [2.05, 4.69) is 4.98 Å². The highest BCUT2D eigenvalue weighted by Gasteiger charge is 2.12. The van der Waals surface area contributed by atoms with E-state index in [0.29, 0.717) is 24.4 Å². The van der Waals surface area contributed by atoms with Gasteiger partial charge in [-0.2, -0.15) is 0 Å². The zero-order valence-corrected chi connectivity index (χ0v) is 13.9. The molecule has 0 aliphatic heterocycles. The molecule has 0 amide bonds. The molecule has 0 aliphatic rings. The predicted octanol–water partition coefficient (Wildman–Crippen LogP) is 3.32. The first-order valence-electron chi connectivity index (χ1n) is 8.02. The maximum absolute atomic E-state index is 13.2. The molecule has 0 saturated carbocycles. The van der Waals surface area contributed by atoms with Crippen LogP contribution in [-0.4, -0.2) is 41.3 Å². The molecule has 25 heavy (non-hydrogen) atoms. The number of aromatic nitrogens is 1. The zero-order valence-electron chi connectivity index (χ0n) is 13.9. The number of nitrogens with one attached hydrogen (secondary N) is 1. The zero-order chi connectivity index (χ0) is 17.8. The van der Waals surface area contributed by atoms with Gasteiger partial charge in [0.1, 0.15) is 18.5 Å². The van der Waals surface area contributed by atoms with Crippen molar-refractivity contribution < 1.29 is 18.6 Å². The molecular weight excluding hydrogens is 326 g/mol. The fourth-order valence-corrected chi connectivity index (χ4v) is 2.80.